The SMILES string of the molecule is CC(C)[Si](O[C@H](C)CC(=O)[C@H](C)[C@@H](O)/C=C/c1ccccc1)(C(C)C)C(C)C. The number of aliphatic hydroxyl groups is 1. The molecule has 1 N–H and O–H groups in total. The average Bonchev–Trinajstić information content (AvgIpc) is 2.63. The van der Waals surface area contributed by atoms with Crippen LogP contribution in [0, 0.1) is 5.92 Å². The van der Waals surface area contributed by atoms with Gasteiger partial charge in [-0.1, -0.05) is 91.0 Å². The molecular weight excluding hydrogens is 364 g/mol. The van der Waals surface area contributed by atoms with Gasteiger partial charge in [0.25, 0.3) is 0 Å². The van der Waals surface area contributed by atoms with Gasteiger partial charge in [-0.2, -0.15) is 0 Å². The summed E-state index contributed by atoms with van der Waals surface area (Å²) in [4.78, 5) is 12.7. The van der Waals surface area contributed by atoms with Crippen LogP contribution in [0.3, 0.4) is 0 Å². The first kappa shape index (κ1) is 24.8. The topological polar surface area (TPSA) is 46.5 Å². The lowest BCUT2D eigenvalue weighted by atomic mass is 9.95. The molecule has 0 amide bonds. The molecule has 0 aromatic heterocycles. The molecule has 0 aliphatic carbocycles. The highest BCUT2D eigenvalue weighted by atomic mass is 28.4. The van der Waals surface area contributed by atoms with E-state index in [2.05, 4.69) is 41.5 Å². The lowest BCUT2D eigenvalue weighted by molar-refractivity contribution is -0.126. The van der Waals surface area contributed by atoms with Crippen molar-refractivity contribution in [1.82, 2.24) is 0 Å². The summed E-state index contributed by atoms with van der Waals surface area (Å²) in [5.74, 6) is -0.392. The van der Waals surface area contributed by atoms with Gasteiger partial charge in [0.1, 0.15) is 5.78 Å². The van der Waals surface area contributed by atoms with Crippen molar-refractivity contribution in [2.45, 2.75) is 90.6 Å². The summed E-state index contributed by atoms with van der Waals surface area (Å²) in [5.41, 5.74) is 2.48. The number of ketones is 1. The highest BCUT2D eigenvalue weighted by molar-refractivity contribution is 6.77. The number of aliphatic hydroxyl groups excluding tert-OH is 1. The summed E-state index contributed by atoms with van der Waals surface area (Å²) in [7, 11) is -2.01. The van der Waals surface area contributed by atoms with Crippen LogP contribution in [-0.2, 0) is 9.22 Å². The fraction of sp³-hybridized carbons (Fsp3) is 0.625. The second-order valence-corrected chi connectivity index (χ2v) is 14.4. The molecule has 0 radical (unpaired) electrons. The normalized spacial score (nSPS) is 16.1. The summed E-state index contributed by atoms with van der Waals surface area (Å²) in [6.45, 7) is 17.3. The number of Topliss-reactive ketones (excluding diaryl/α,β-unsaturated/α-hetero) is 1. The van der Waals surface area contributed by atoms with Crippen LogP contribution in [-0.4, -0.2) is 31.4 Å². The van der Waals surface area contributed by atoms with Gasteiger partial charge >= 0.3 is 0 Å². The molecule has 0 bridgehead atoms. The van der Waals surface area contributed by atoms with E-state index in [9.17, 15) is 9.90 Å². The molecule has 158 valence electrons. The van der Waals surface area contributed by atoms with Crippen molar-refractivity contribution >= 4 is 20.2 Å². The molecule has 0 saturated carbocycles. The third-order valence-electron chi connectivity index (χ3n) is 5.91. The molecule has 0 heterocycles. The van der Waals surface area contributed by atoms with E-state index in [4.69, 9.17) is 4.43 Å². The molecule has 0 spiro atoms. The predicted molar refractivity (Wildman–Crippen MR) is 122 cm³/mol. The zero-order valence-electron chi connectivity index (χ0n) is 19.0. The summed E-state index contributed by atoms with van der Waals surface area (Å²) >= 11 is 0. The Morgan fingerprint density at radius 2 is 1.46 bits per heavy atom. The second-order valence-electron chi connectivity index (χ2n) is 8.97. The number of carbonyl (C=O) groups excluding carboxylic acids is 1. The van der Waals surface area contributed by atoms with E-state index < -0.39 is 20.3 Å². The van der Waals surface area contributed by atoms with E-state index in [0.29, 0.717) is 23.0 Å². The van der Waals surface area contributed by atoms with Gasteiger partial charge in [0.15, 0.2) is 0 Å². The Bertz CT molecular complexity index is 600. The van der Waals surface area contributed by atoms with E-state index in [0.717, 1.165) is 5.56 Å². The molecule has 0 unspecified atom stereocenters. The van der Waals surface area contributed by atoms with Crippen LogP contribution >= 0.6 is 0 Å². The Morgan fingerprint density at radius 3 is 1.93 bits per heavy atom. The fourth-order valence-corrected chi connectivity index (χ4v) is 10.00. The molecular formula is C24H40O3Si. The van der Waals surface area contributed by atoms with E-state index in [1.54, 1.807) is 13.0 Å². The Morgan fingerprint density at radius 1 is 0.964 bits per heavy atom. The molecule has 0 aliphatic heterocycles. The van der Waals surface area contributed by atoms with Crippen molar-refractivity contribution in [2.75, 3.05) is 0 Å². The number of hydrogen-bond acceptors (Lipinski definition) is 3. The Hall–Kier alpha value is -1.23. The lowest BCUT2D eigenvalue weighted by Crippen LogP contribution is -2.50. The number of carbonyl (C=O) groups is 1. The van der Waals surface area contributed by atoms with E-state index in [1.165, 1.54) is 0 Å². The van der Waals surface area contributed by atoms with Crippen molar-refractivity contribution in [3.63, 3.8) is 0 Å². The molecule has 0 aliphatic rings. The fourth-order valence-electron chi connectivity index (χ4n) is 4.40. The highest BCUT2D eigenvalue weighted by Crippen LogP contribution is 2.43. The predicted octanol–water partition coefficient (Wildman–Crippen LogP) is 6.24. The molecule has 1 rings (SSSR count). The molecule has 3 atom stereocenters. The van der Waals surface area contributed by atoms with Crippen molar-refractivity contribution < 1.29 is 14.3 Å². The number of benzene rings is 1. The first-order valence-corrected chi connectivity index (χ1v) is 12.8. The summed E-state index contributed by atoms with van der Waals surface area (Å²) in [6, 6.07) is 9.80. The van der Waals surface area contributed by atoms with Crippen molar-refractivity contribution in [1.29, 1.82) is 0 Å². The van der Waals surface area contributed by atoms with Gasteiger partial charge in [0, 0.05) is 18.4 Å². The summed E-state index contributed by atoms with van der Waals surface area (Å²) < 4.78 is 6.67. The molecule has 3 nitrogen and oxygen atoms in total. The van der Waals surface area contributed by atoms with Gasteiger partial charge in [0.05, 0.1) is 6.10 Å². The van der Waals surface area contributed by atoms with Gasteiger partial charge in [0.2, 0.25) is 8.32 Å². The molecule has 4 heteroatoms. The van der Waals surface area contributed by atoms with Crippen LogP contribution in [0.2, 0.25) is 16.6 Å². The second kappa shape index (κ2) is 11.1. The first-order chi connectivity index (χ1) is 13.0. The third-order valence-corrected chi connectivity index (χ3v) is 12.1. The van der Waals surface area contributed by atoms with E-state index >= 15 is 0 Å². The van der Waals surface area contributed by atoms with Crippen LogP contribution in [0.5, 0.6) is 0 Å². The van der Waals surface area contributed by atoms with Crippen LogP contribution in [0.4, 0.5) is 0 Å². The monoisotopic (exact) mass is 404 g/mol. The van der Waals surface area contributed by atoms with Crippen LogP contribution in [0.1, 0.15) is 67.4 Å². The van der Waals surface area contributed by atoms with E-state index in [1.807, 2.05) is 43.3 Å². The largest absolute Gasteiger partial charge is 0.413 e. The van der Waals surface area contributed by atoms with Crippen molar-refractivity contribution in [2.24, 2.45) is 5.92 Å². The zero-order valence-corrected chi connectivity index (χ0v) is 20.0. The van der Waals surface area contributed by atoms with Gasteiger partial charge in [-0.15, -0.1) is 0 Å². The summed E-state index contributed by atoms with van der Waals surface area (Å²) in [5, 5.41) is 10.4. The first-order valence-electron chi connectivity index (χ1n) is 10.6. The lowest BCUT2D eigenvalue weighted by Gasteiger charge is -2.44. The third kappa shape index (κ3) is 6.40. The number of rotatable bonds is 11. The van der Waals surface area contributed by atoms with Gasteiger partial charge in [-0.25, -0.2) is 0 Å². The van der Waals surface area contributed by atoms with Crippen LogP contribution < -0.4 is 0 Å². The smallest absolute Gasteiger partial charge is 0.200 e. The molecule has 28 heavy (non-hydrogen) atoms. The quantitative estimate of drug-likeness (QED) is 0.444. The highest BCUT2D eigenvalue weighted by Gasteiger charge is 2.46. The van der Waals surface area contributed by atoms with Gasteiger partial charge in [-0.3, -0.25) is 4.79 Å². The van der Waals surface area contributed by atoms with Gasteiger partial charge in [-0.05, 0) is 29.1 Å². The van der Waals surface area contributed by atoms with Crippen molar-refractivity contribution in [3.05, 3.63) is 42.0 Å². The minimum absolute atomic E-state index is 0.0527. The number of hydrogen-bond donors (Lipinski definition) is 1. The standard InChI is InChI=1S/C24H40O3Si/c1-17(2)28(18(3)4,19(5)6)27-20(7)16-24(26)21(8)23(25)15-14-22-12-10-9-11-13-22/h9-15,17-21,23,25H,16H2,1-8H3/b15-14+/t20-,21-,23+/m1/s1. The minimum Gasteiger partial charge on any atom is -0.413 e. The minimum atomic E-state index is -2.01. The average molecular weight is 405 g/mol. The Balaban J connectivity index is 2.75. The Labute approximate surface area is 173 Å². The van der Waals surface area contributed by atoms with Gasteiger partial charge < -0.3 is 9.53 Å². The maximum atomic E-state index is 12.7. The maximum absolute atomic E-state index is 12.7. The maximum Gasteiger partial charge on any atom is 0.200 e. The molecule has 0 saturated heterocycles. The summed E-state index contributed by atoms with van der Waals surface area (Å²) in [6.07, 6.45) is 3.00. The molecule has 1 aromatic carbocycles. The van der Waals surface area contributed by atoms with Crippen LogP contribution in [0.15, 0.2) is 36.4 Å². The Kier molecular flexibility index (Phi) is 9.82. The zero-order chi connectivity index (χ0) is 21.5. The molecule has 1 aromatic rings. The van der Waals surface area contributed by atoms with E-state index in [-0.39, 0.29) is 11.9 Å². The molecule has 0 fully saturated rings. The van der Waals surface area contributed by atoms with Crippen LogP contribution in [0.25, 0.3) is 6.08 Å². The van der Waals surface area contributed by atoms with Crippen molar-refractivity contribution in [3.8, 4) is 0 Å².